The number of carboxylic acid groups (broad SMARTS) is 1. The summed E-state index contributed by atoms with van der Waals surface area (Å²) in [6, 6.07) is 8.84. The van der Waals surface area contributed by atoms with Crippen molar-refractivity contribution in [3.8, 4) is 0 Å². The van der Waals surface area contributed by atoms with E-state index >= 15 is 0 Å². The van der Waals surface area contributed by atoms with Gasteiger partial charge in [0.05, 0.1) is 17.2 Å². The van der Waals surface area contributed by atoms with Crippen molar-refractivity contribution in [2.45, 2.75) is 18.9 Å². The van der Waals surface area contributed by atoms with Crippen LogP contribution in [-0.4, -0.2) is 35.3 Å². The molecule has 1 aromatic heterocycles. The number of benzene rings is 1. The molecule has 1 aliphatic heterocycles. The topological polar surface area (TPSA) is 71.5 Å². The first-order chi connectivity index (χ1) is 9.74. The number of para-hydroxylation sites is 1. The predicted molar refractivity (Wildman–Crippen MR) is 76.2 cm³/mol. The zero-order valence-electron chi connectivity index (χ0n) is 11.0. The average Bonchev–Trinajstić information content (AvgIpc) is 2.97. The number of carboxylic acids is 1. The van der Waals surface area contributed by atoms with Crippen LogP contribution in [0.5, 0.6) is 0 Å². The largest absolute Gasteiger partial charge is 0.478 e. The van der Waals surface area contributed by atoms with Crippen LogP contribution in [0.4, 0.5) is 5.82 Å². The highest BCUT2D eigenvalue weighted by Crippen LogP contribution is 2.21. The number of nitrogens with zero attached hydrogens (tertiary/aromatic N) is 1. The van der Waals surface area contributed by atoms with Gasteiger partial charge in [0.15, 0.2) is 0 Å². The number of fused-ring (bicyclic) bond motifs is 1. The van der Waals surface area contributed by atoms with Gasteiger partial charge in [-0.05, 0) is 25.0 Å². The number of pyridine rings is 1. The molecule has 1 saturated heterocycles. The van der Waals surface area contributed by atoms with Crippen LogP contribution in [0.15, 0.2) is 30.3 Å². The Kier molecular flexibility index (Phi) is 3.52. The molecule has 2 heterocycles. The molecule has 1 aliphatic rings. The molecule has 0 amide bonds. The molecule has 20 heavy (non-hydrogen) atoms. The molecule has 1 fully saturated rings. The molecule has 0 saturated carbocycles. The molecule has 1 atom stereocenters. The fraction of sp³-hybridized carbons (Fsp3) is 0.333. The second kappa shape index (κ2) is 5.46. The number of hydrogen-bond donors (Lipinski definition) is 2. The van der Waals surface area contributed by atoms with Crippen molar-refractivity contribution in [3.63, 3.8) is 0 Å². The minimum Gasteiger partial charge on any atom is -0.478 e. The maximum Gasteiger partial charge on any atom is 0.336 e. The first-order valence-corrected chi connectivity index (χ1v) is 6.72. The lowest BCUT2D eigenvalue weighted by Gasteiger charge is -2.12. The number of hydrogen-bond acceptors (Lipinski definition) is 4. The molecule has 1 unspecified atom stereocenters. The molecular formula is C15H16N2O3. The Balaban J connectivity index is 1.88. The smallest absolute Gasteiger partial charge is 0.336 e. The highest BCUT2D eigenvalue weighted by molar-refractivity contribution is 6.03. The van der Waals surface area contributed by atoms with Crippen molar-refractivity contribution in [2.75, 3.05) is 18.5 Å². The van der Waals surface area contributed by atoms with Crippen LogP contribution in [0.25, 0.3) is 10.9 Å². The van der Waals surface area contributed by atoms with Gasteiger partial charge in [-0.3, -0.25) is 0 Å². The lowest BCUT2D eigenvalue weighted by atomic mass is 10.1. The molecular weight excluding hydrogens is 256 g/mol. The number of nitrogens with one attached hydrogen (secondary N) is 1. The molecule has 2 N–H and O–H groups in total. The number of aromatic carboxylic acids is 1. The fourth-order valence-corrected chi connectivity index (χ4v) is 2.47. The molecule has 0 aliphatic carbocycles. The normalized spacial score (nSPS) is 18.3. The molecule has 0 radical (unpaired) electrons. The van der Waals surface area contributed by atoms with Crippen molar-refractivity contribution in [3.05, 3.63) is 35.9 Å². The van der Waals surface area contributed by atoms with E-state index in [2.05, 4.69) is 10.3 Å². The van der Waals surface area contributed by atoms with Gasteiger partial charge in [0.2, 0.25) is 0 Å². The second-order valence-corrected chi connectivity index (χ2v) is 4.89. The summed E-state index contributed by atoms with van der Waals surface area (Å²) < 4.78 is 5.53. The van der Waals surface area contributed by atoms with Gasteiger partial charge in [0.1, 0.15) is 5.82 Å². The zero-order chi connectivity index (χ0) is 13.9. The summed E-state index contributed by atoms with van der Waals surface area (Å²) in [6.45, 7) is 1.46. The highest BCUT2D eigenvalue weighted by atomic mass is 16.5. The highest BCUT2D eigenvalue weighted by Gasteiger charge is 2.16. The Bertz CT molecular complexity index is 636. The van der Waals surface area contributed by atoms with E-state index in [1.807, 2.05) is 18.2 Å². The van der Waals surface area contributed by atoms with Gasteiger partial charge in [-0.2, -0.15) is 0 Å². The van der Waals surface area contributed by atoms with E-state index in [-0.39, 0.29) is 11.7 Å². The average molecular weight is 272 g/mol. The van der Waals surface area contributed by atoms with Gasteiger partial charge in [0, 0.05) is 18.5 Å². The van der Waals surface area contributed by atoms with Crippen LogP contribution >= 0.6 is 0 Å². The number of anilines is 1. The third-order valence-corrected chi connectivity index (χ3v) is 3.48. The van der Waals surface area contributed by atoms with Gasteiger partial charge in [0.25, 0.3) is 0 Å². The maximum atomic E-state index is 11.3. The van der Waals surface area contributed by atoms with Crippen LogP contribution in [0.1, 0.15) is 23.2 Å². The second-order valence-electron chi connectivity index (χ2n) is 4.89. The number of rotatable bonds is 4. The quantitative estimate of drug-likeness (QED) is 0.894. The molecule has 1 aromatic carbocycles. The van der Waals surface area contributed by atoms with E-state index in [9.17, 15) is 9.90 Å². The summed E-state index contributed by atoms with van der Waals surface area (Å²) >= 11 is 0. The molecule has 0 spiro atoms. The van der Waals surface area contributed by atoms with Gasteiger partial charge < -0.3 is 15.2 Å². The summed E-state index contributed by atoms with van der Waals surface area (Å²) in [6.07, 6.45) is 2.31. The SMILES string of the molecule is O=C(O)c1cc(NCC2CCCO2)nc2ccccc12. The molecule has 2 aromatic rings. The third-order valence-electron chi connectivity index (χ3n) is 3.48. The van der Waals surface area contributed by atoms with E-state index in [0.29, 0.717) is 23.3 Å². The molecule has 3 rings (SSSR count). The van der Waals surface area contributed by atoms with Crippen LogP contribution in [-0.2, 0) is 4.74 Å². The van der Waals surface area contributed by atoms with E-state index in [1.165, 1.54) is 0 Å². The van der Waals surface area contributed by atoms with Crippen LogP contribution in [0.3, 0.4) is 0 Å². The number of ether oxygens (including phenoxy) is 1. The van der Waals surface area contributed by atoms with Crippen molar-refractivity contribution >= 4 is 22.7 Å². The zero-order valence-corrected chi connectivity index (χ0v) is 11.0. The van der Waals surface area contributed by atoms with E-state index < -0.39 is 5.97 Å². The summed E-state index contributed by atoms with van der Waals surface area (Å²) in [4.78, 5) is 15.8. The van der Waals surface area contributed by atoms with Crippen molar-refractivity contribution in [1.29, 1.82) is 0 Å². The fourth-order valence-electron chi connectivity index (χ4n) is 2.47. The molecule has 5 heteroatoms. The van der Waals surface area contributed by atoms with Gasteiger partial charge in [-0.15, -0.1) is 0 Å². The maximum absolute atomic E-state index is 11.3. The lowest BCUT2D eigenvalue weighted by molar-refractivity contribution is 0.0699. The summed E-state index contributed by atoms with van der Waals surface area (Å²) in [7, 11) is 0. The van der Waals surface area contributed by atoms with Crippen LogP contribution < -0.4 is 5.32 Å². The van der Waals surface area contributed by atoms with Gasteiger partial charge in [-0.25, -0.2) is 9.78 Å². The molecule has 5 nitrogen and oxygen atoms in total. The van der Waals surface area contributed by atoms with E-state index in [4.69, 9.17) is 4.74 Å². The summed E-state index contributed by atoms with van der Waals surface area (Å²) in [5.74, 6) is -0.361. The Hall–Kier alpha value is -2.14. The van der Waals surface area contributed by atoms with E-state index in [0.717, 1.165) is 19.4 Å². The Morgan fingerprint density at radius 1 is 1.45 bits per heavy atom. The van der Waals surface area contributed by atoms with Crippen molar-refractivity contribution in [2.24, 2.45) is 0 Å². The first-order valence-electron chi connectivity index (χ1n) is 6.72. The lowest BCUT2D eigenvalue weighted by Crippen LogP contribution is -2.19. The van der Waals surface area contributed by atoms with Gasteiger partial charge >= 0.3 is 5.97 Å². The Morgan fingerprint density at radius 2 is 2.30 bits per heavy atom. The van der Waals surface area contributed by atoms with Crippen LogP contribution in [0, 0.1) is 0 Å². The van der Waals surface area contributed by atoms with Crippen LogP contribution in [0.2, 0.25) is 0 Å². The predicted octanol–water partition coefficient (Wildman–Crippen LogP) is 2.52. The summed E-state index contributed by atoms with van der Waals surface area (Å²) in [5.41, 5.74) is 0.952. The van der Waals surface area contributed by atoms with E-state index in [1.54, 1.807) is 12.1 Å². The number of carbonyl (C=O) groups is 1. The first kappa shape index (κ1) is 12.9. The standard InChI is InChI=1S/C15H16N2O3/c18-15(19)12-8-14(16-9-10-4-3-7-20-10)17-13-6-2-1-5-11(12)13/h1-2,5-6,8,10H,3-4,7,9H2,(H,16,17)(H,18,19). The van der Waals surface area contributed by atoms with Crippen molar-refractivity contribution in [1.82, 2.24) is 4.98 Å². The number of aromatic nitrogens is 1. The Morgan fingerprint density at radius 3 is 3.05 bits per heavy atom. The minimum absolute atomic E-state index is 0.191. The molecule has 0 bridgehead atoms. The summed E-state index contributed by atoms with van der Waals surface area (Å²) in [5, 5.41) is 13.1. The monoisotopic (exact) mass is 272 g/mol. The van der Waals surface area contributed by atoms with Gasteiger partial charge in [-0.1, -0.05) is 18.2 Å². The third kappa shape index (κ3) is 2.58. The molecule has 104 valence electrons. The minimum atomic E-state index is -0.941. The Labute approximate surface area is 116 Å². The van der Waals surface area contributed by atoms with Crippen molar-refractivity contribution < 1.29 is 14.6 Å².